The van der Waals surface area contributed by atoms with Gasteiger partial charge in [-0.05, 0) is 50.3 Å². The van der Waals surface area contributed by atoms with E-state index in [0.717, 1.165) is 24.9 Å². The van der Waals surface area contributed by atoms with Crippen molar-refractivity contribution in [2.24, 2.45) is 11.7 Å². The standard InChI is InChI=1S/C20H27N5O3/c1-13-8-9-23(18(10-13)11-21)20(26)17-6-4-16(5-7-17)12-24-15(3)19(25(27)28)14(2)22-24/h4-7,13,18H,8-12,21H2,1-3H3. The average molecular weight is 385 g/mol. The summed E-state index contributed by atoms with van der Waals surface area (Å²) in [5, 5.41) is 15.4. The number of nitrogens with zero attached hydrogens (tertiary/aromatic N) is 4. The van der Waals surface area contributed by atoms with Gasteiger partial charge in [0, 0.05) is 24.7 Å². The zero-order chi connectivity index (χ0) is 20.4. The normalized spacial score (nSPS) is 19.6. The lowest BCUT2D eigenvalue weighted by Gasteiger charge is -2.38. The number of carbonyl (C=O) groups is 1. The molecule has 2 atom stereocenters. The summed E-state index contributed by atoms with van der Waals surface area (Å²) in [6.07, 6.45) is 1.94. The summed E-state index contributed by atoms with van der Waals surface area (Å²) in [5.41, 5.74) is 8.43. The van der Waals surface area contributed by atoms with Gasteiger partial charge in [-0.2, -0.15) is 5.10 Å². The number of likely N-dealkylation sites (tertiary alicyclic amines) is 1. The average Bonchev–Trinajstić information content (AvgIpc) is 2.95. The predicted molar refractivity (Wildman–Crippen MR) is 106 cm³/mol. The summed E-state index contributed by atoms with van der Waals surface area (Å²) in [6, 6.07) is 7.46. The topological polar surface area (TPSA) is 107 Å². The molecule has 1 aliphatic heterocycles. The molecule has 1 aromatic carbocycles. The number of piperidine rings is 1. The van der Waals surface area contributed by atoms with Gasteiger partial charge in [0.05, 0.1) is 11.5 Å². The van der Waals surface area contributed by atoms with Crippen LogP contribution in [0.2, 0.25) is 0 Å². The molecule has 0 saturated carbocycles. The van der Waals surface area contributed by atoms with E-state index < -0.39 is 4.92 Å². The van der Waals surface area contributed by atoms with Crippen LogP contribution in [0.15, 0.2) is 24.3 Å². The van der Waals surface area contributed by atoms with E-state index in [1.807, 2.05) is 29.2 Å². The fourth-order valence-corrected chi connectivity index (χ4v) is 3.94. The number of nitrogens with two attached hydrogens (primary N) is 1. The molecule has 0 bridgehead atoms. The van der Waals surface area contributed by atoms with Gasteiger partial charge in [0.2, 0.25) is 0 Å². The van der Waals surface area contributed by atoms with Crippen LogP contribution < -0.4 is 5.73 Å². The molecule has 1 saturated heterocycles. The molecule has 1 aromatic heterocycles. The summed E-state index contributed by atoms with van der Waals surface area (Å²) in [7, 11) is 0. The highest BCUT2D eigenvalue weighted by Crippen LogP contribution is 2.25. The highest BCUT2D eigenvalue weighted by Gasteiger charge is 2.29. The van der Waals surface area contributed by atoms with Crippen LogP contribution in [0.5, 0.6) is 0 Å². The Bertz CT molecular complexity index is 875. The molecule has 2 N–H and O–H groups in total. The van der Waals surface area contributed by atoms with E-state index in [1.54, 1.807) is 18.5 Å². The van der Waals surface area contributed by atoms with Gasteiger partial charge in [0.25, 0.3) is 5.91 Å². The molecule has 2 heterocycles. The molecule has 28 heavy (non-hydrogen) atoms. The second kappa shape index (κ2) is 8.10. The molecular formula is C20H27N5O3. The lowest BCUT2D eigenvalue weighted by Crippen LogP contribution is -2.49. The Morgan fingerprint density at radius 3 is 2.57 bits per heavy atom. The van der Waals surface area contributed by atoms with Crippen molar-refractivity contribution in [3.63, 3.8) is 0 Å². The molecule has 0 radical (unpaired) electrons. The van der Waals surface area contributed by atoms with Crippen LogP contribution >= 0.6 is 0 Å². The maximum Gasteiger partial charge on any atom is 0.312 e. The molecule has 1 aliphatic rings. The van der Waals surface area contributed by atoms with Crippen molar-refractivity contribution < 1.29 is 9.72 Å². The van der Waals surface area contributed by atoms with Crippen LogP contribution in [-0.4, -0.2) is 44.6 Å². The molecule has 1 amide bonds. The number of hydrogen-bond donors (Lipinski definition) is 1. The smallest absolute Gasteiger partial charge is 0.312 e. The summed E-state index contributed by atoms with van der Waals surface area (Å²) < 4.78 is 1.63. The zero-order valence-corrected chi connectivity index (χ0v) is 16.6. The lowest BCUT2D eigenvalue weighted by molar-refractivity contribution is -0.386. The van der Waals surface area contributed by atoms with Crippen LogP contribution in [-0.2, 0) is 6.54 Å². The molecular weight excluding hydrogens is 358 g/mol. The number of carbonyl (C=O) groups excluding carboxylic acids is 1. The molecule has 8 heteroatoms. The maximum atomic E-state index is 12.9. The van der Waals surface area contributed by atoms with Crippen LogP contribution in [0.3, 0.4) is 0 Å². The summed E-state index contributed by atoms with van der Waals surface area (Å²) >= 11 is 0. The molecule has 3 rings (SSSR count). The lowest BCUT2D eigenvalue weighted by atomic mass is 9.92. The Labute approximate surface area is 164 Å². The fraction of sp³-hybridized carbons (Fsp3) is 0.500. The fourth-order valence-electron chi connectivity index (χ4n) is 3.94. The third-order valence-electron chi connectivity index (χ3n) is 5.57. The maximum absolute atomic E-state index is 12.9. The van der Waals surface area contributed by atoms with Crippen LogP contribution in [0, 0.1) is 29.9 Å². The van der Waals surface area contributed by atoms with Gasteiger partial charge < -0.3 is 10.6 Å². The van der Waals surface area contributed by atoms with Gasteiger partial charge in [-0.3, -0.25) is 19.6 Å². The SMILES string of the molecule is Cc1nn(Cc2ccc(C(=O)N3CCC(C)CC3CN)cc2)c(C)c1[N+](=O)[O-]. The van der Waals surface area contributed by atoms with Gasteiger partial charge in [-0.1, -0.05) is 19.1 Å². The zero-order valence-electron chi connectivity index (χ0n) is 16.6. The van der Waals surface area contributed by atoms with Crippen LogP contribution in [0.1, 0.15) is 47.1 Å². The summed E-state index contributed by atoms with van der Waals surface area (Å²) in [6.45, 7) is 7.16. The number of hydrogen-bond acceptors (Lipinski definition) is 5. The van der Waals surface area contributed by atoms with E-state index in [4.69, 9.17) is 5.73 Å². The minimum atomic E-state index is -0.400. The number of aromatic nitrogens is 2. The Kier molecular flexibility index (Phi) is 5.79. The molecule has 0 spiro atoms. The van der Waals surface area contributed by atoms with E-state index in [0.29, 0.717) is 36.0 Å². The van der Waals surface area contributed by atoms with Crippen molar-refractivity contribution in [3.8, 4) is 0 Å². The molecule has 8 nitrogen and oxygen atoms in total. The van der Waals surface area contributed by atoms with Gasteiger partial charge in [0.1, 0.15) is 11.4 Å². The second-order valence-corrected chi connectivity index (χ2v) is 7.65. The number of amides is 1. The largest absolute Gasteiger partial charge is 0.334 e. The number of benzene rings is 1. The van der Waals surface area contributed by atoms with Gasteiger partial charge in [-0.25, -0.2) is 0 Å². The van der Waals surface area contributed by atoms with Gasteiger partial charge in [-0.15, -0.1) is 0 Å². The van der Waals surface area contributed by atoms with Crippen LogP contribution in [0.25, 0.3) is 0 Å². The third kappa shape index (κ3) is 3.91. The Balaban J connectivity index is 1.74. The first-order valence-corrected chi connectivity index (χ1v) is 9.60. The molecule has 2 aromatic rings. The second-order valence-electron chi connectivity index (χ2n) is 7.65. The summed E-state index contributed by atoms with van der Waals surface area (Å²) in [5.74, 6) is 0.598. The Morgan fingerprint density at radius 2 is 2.00 bits per heavy atom. The van der Waals surface area contributed by atoms with E-state index in [1.165, 1.54) is 0 Å². The van der Waals surface area contributed by atoms with E-state index in [-0.39, 0.29) is 17.6 Å². The van der Waals surface area contributed by atoms with Crippen molar-refractivity contribution in [2.75, 3.05) is 13.1 Å². The van der Waals surface area contributed by atoms with Gasteiger partial charge >= 0.3 is 5.69 Å². The van der Waals surface area contributed by atoms with Crippen molar-refractivity contribution in [2.45, 2.75) is 46.2 Å². The van der Waals surface area contributed by atoms with Crippen molar-refractivity contribution in [1.29, 1.82) is 0 Å². The number of nitro groups is 1. The Morgan fingerprint density at radius 1 is 1.32 bits per heavy atom. The van der Waals surface area contributed by atoms with Gasteiger partial charge in [0.15, 0.2) is 0 Å². The third-order valence-corrected chi connectivity index (χ3v) is 5.57. The molecule has 1 fully saturated rings. The van der Waals surface area contributed by atoms with Crippen LogP contribution in [0.4, 0.5) is 5.69 Å². The van der Waals surface area contributed by atoms with E-state index >= 15 is 0 Å². The first-order chi connectivity index (χ1) is 13.3. The van der Waals surface area contributed by atoms with E-state index in [2.05, 4.69) is 12.0 Å². The number of aryl methyl sites for hydroxylation is 1. The number of rotatable bonds is 5. The minimum absolute atomic E-state index is 0.00986. The quantitative estimate of drug-likeness (QED) is 0.629. The first-order valence-electron chi connectivity index (χ1n) is 9.60. The highest BCUT2D eigenvalue weighted by molar-refractivity contribution is 5.94. The molecule has 0 aliphatic carbocycles. The first kappa shape index (κ1) is 20.0. The Hall–Kier alpha value is -2.74. The highest BCUT2D eigenvalue weighted by atomic mass is 16.6. The molecule has 150 valence electrons. The van der Waals surface area contributed by atoms with E-state index in [9.17, 15) is 14.9 Å². The summed E-state index contributed by atoms with van der Waals surface area (Å²) in [4.78, 5) is 25.5. The predicted octanol–water partition coefficient (Wildman–Crippen LogP) is 2.66. The van der Waals surface area contributed by atoms with Crippen molar-refractivity contribution in [3.05, 3.63) is 56.9 Å². The van der Waals surface area contributed by atoms with Crippen molar-refractivity contribution >= 4 is 11.6 Å². The monoisotopic (exact) mass is 385 g/mol. The molecule has 2 unspecified atom stereocenters. The van der Waals surface area contributed by atoms with Crippen molar-refractivity contribution in [1.82, 2.24) is 14.7 Å². The minimum Gasteiger partial charge on any atom is -0.334 e.